The van der Waals surface area contributed by atoms with Crippen molar-refractivity contribution >= 4 is 5.91 Å². The van der Waals surface area contributed by atoms with Gasteiger partial charge in [0.1, 0.15) is 11.8 Å². The van der Waals surface area contributed by atoms with Crippen LogP contribution in [0.1, 0.15) is 32.7 Å². The molecule has 5 heteroatoms. The van der Waals surface area contributed by atoms with Gasteiger partial charge in [-0.05, 0) is 37.1 Å². The third-order valence-corrected chi connectivity index (χ3v) is 5.73. The average molecular weight is 399 g/mol. The first kappa shape index (κ1) is 19.9. The monoisotopic (exact) mass is 398 g/mol. The van der Waals surface area contributed by atoms with E-state index in [0.717, 1.165) is 30.9 Å². The van der Waals surface area contributed by atoms with E-state index in [1.54, 1.807) is 6.07 Å². The van der Waals surface area contributed by atoms with Crippen molar-refractivity contribution in [3.63, 3.8) is 0 Å². The molecular formula is C25H26N4O. The van der Waals surface area contributed by atoms with Crippen LogP contribution in [0.2, 0.25) is 0 Å². The molecule has 0 aliphatic carbocycles. The molecule has 0 bridgehead atoms. The van der Waals surface area contributed by atoms with E-state index in [-0.39, 0.29) is 5.91 Å². The van der Waals surface area contributed by atoms with Crippen LogP contribution in [0.4, 0.5) is 0 Å². The Morgan fingerprint density at radius 3 is 2.40 bits per heavy atom. The molecule has 2 aromatic carbocycles. The van der Waals surface area contributed by atoms with Crippen LogP contribution in [-0.2, 0) is 6.54 Å². The third kappa shape index (κ3) is 4.00. The number of benzene rings is 2. The zero-order valence-electron chi connectivity index (χ0n) is 17.5. The number of nitriles is 1. The maximum absolute atomic E-state index is 13.4. The minimum absolute atomic E-state index is 0.0733. The van der Waals surface area contributed by atoms with Gasteiger partial charge in [0, 0.05) is 44.6 Å². The lowest BCUT2D eigenvalue weighted by atomic mass is 10.1. The van der Waals surface area contributed by atoms with Crippen LogP contribution in [0.25, 0.3) is 5.69 Å². The maximum atomic E-state index is 13.4. The van der Waals surface area contributed by atoms with Crippen molar-refractivity contribution < 1.29 is 4.79 Å². The molecule has 0 atom stereocenters. The van der Waals surface area contributed by atoms with Gasteiger partial charge in [0.2, 0.25) is 0 Å². The van der Waals surface area contributed by atoms with Gasteiger partial charge in [-0.15, -0.1) is 0 Å². The number of nitrogens with zero attached hydrogens (tertiary/aromatic N) is 4. The van der Waals surface area contributed by atoms with E-state index >= 15 is 0 Å². The summed E-state index contributed by atoms with van der Waals surface area (Å²) >= 11 is 0. The molecule has 152 valence electrons. The Labute approximate surface area is 177 Å². The number of carbonyl (C=O) groups is 1. The van der Waals surface area contributed by atoms with Crippen LogP contribution in [-0.4, -0.2) is 46.5 Å². The third-order valence-electron chi connectivity index (χ3n) is 5.73. The van der Waals surface area contributed by atoms with Gasteiger partial charge < -0.3 is 9.47 Å². The Morgan fingerprint density at radius 1 is 1.00 bits per heavy atom. The number of amides is 1. The Morgan fingerprint density at radius 2 is 1.73 bits per heavy atom. The zero-order chi connectivity index (χ0) is 21.1. The Kier molecular flexibility index (Phi) is 5.69. The lowest BCUT2D eigenvalue weighted by Crippen LogP contribution is -2.48. The molecule has 3 aromatic rings. The zero-order valence-corrected chi connectivity index (χ0v) is 17.5. The molecular weight excluding hydrogens is 372 g/mol. The highest BCUT2D eigenvalue weighted by Crippen LogP contribution is 2.23. The van der Waals surface area contributed by atoms with Crippen LogP contribution in [0.15, 0.2) is 60.8 Å². The Balaban J connectivity index is 1.53. The first-order valence-corrected chi connectivity index (χ1v) is 10.3. The Hall–Kier alpha value is -3.36. The number of piperazine rings is 1. The summed E-state index contributed by atoms with van der Waals surface area (Å²) in [5.74, 6) is -0.0733. The lowest BCUT2D eigenvalue weighted by molar-refractivity contribution is 0.0620. The van der Waals surface area contributed by atoms with Crippen molar-refractivity contribution in [3.8, 4) is 11.8 Å². The topological polar surface area (TPSA) is 52.3 Å². The minimum Gasteiger partial charge on any atom is -0.335 e. The minimum atomic E-state index is -0.0733. The van der Waals surface area contributed by atoms with Gasteiger partial charge >= 0.3 is 0 Å². The van der Waals surface area contributed by atoms with Gasteiger partial charge in [-0.2, -0.15) is 5.26 Å². The van der Waals surface area contributed by atoms with Crippen molar-refractivity contribution in [2.24, 2.45) is 0 Å². The van der Waals surface area contributed by atoms with E-state index < -0.39 is 0 Å². The number of rotatable bonds is 4. The average Bonchev–Trinajstić information content (AvgIpc) is 3.18. The fraction of sp³-hybridized carbons (Fsp3) is 0.280. The van der Waals surface area contributed by atoms with Gasteiger partial charge in [0.15, 0.2) is 0 Å². The summed E-state index contributed by atoms with van der Waals surface area (Å²) in [6, 6.07) is 20.5. The van der Waals surface area contributed by atoms with Crippen LogP contribution in [0.3, 0.4) is 0 Å². The second-order valence-electron chi connectivity index (χ2n) is 7.90. The number of hydrogen-bond acceptors (Lipinski definition) is 3. The number of carbonyl (C=O) groups excluding carboxylic acids is 1. The molecule has 0 N–H and O–H groups in total. The molecule has 0 unspecified atom stereocenters. The van der Waals surface area contributed by atoms with Crippen LogP contribution >= 0.6 is 0 Å². The molecule has 30 heavy (non-hydrogen) atoms. The molecule has 0 radical (unpaired) electrons. The predicted octanol–water partition coefficient (Wildman–Crippen LogP) is 3.92. The van der Waals surface area contributed by atoms with Crippen molar-refractivity contribution in [1.29, 1.82) is 5.26 Å². The summed E-state index contributed by atoms with van der Waals surface area (Å²) in [6.45, 7) is 7.95. The van der Waals surface area contributed by atoms with Gasteiger partial charge in [0.25, 0.3) is 5.91 Å². The SMILES string of the molecule is Cc1ccc(-n2ccc(C#N)c2C(=O)N2CCN(Cc3ccccc3)CC2)c(C)c1. The summed E-state index contributed by atoms with van der Waals surface area (Å²) in [6.07, 6.45) is 1.83. The summed E-state index contributed by atoms with van der Waals surface area (Å²) in [5.41, 5.74) is 5.36. The quantitative estimate of drug-likeness (QED) is 0.669. The summed E-state index contributed by atoms with van der Waals surface area (Å²) in [4.78, 5) is 17.7. The smallest absolute Gasteiger partial charge is 0.272 e. The van der Waals surface area contributed by atoms with E-state index in [0.29, 0.717) is 24.3 Å². The van der Waals surface area contributed by atoms with Crippen molar-refractivity contribution in [1.82, 2.24) is 14.4 Å². The van der Waals surface area contributed by atoms with Gasteiger partial charge in [-0.3, -0.25) is 9.69 Å². The number of hydrogen-bond donors (Lipinski definition) is 0. The van der Waals surface area contributed by atoms with Crippen molar-refractivity contribution in [3.05, 3.63) is 88.7 Å². The molecule has 0 saturated carbocycles. The summed E-state index contributed by atoms with van der Waals surface area (Å²) in [5, 5.41) is 9.60. The first-order valence-electron chi connectivity index (χ1n) is 10.3. The Bertz CT molecular complexity index is 1090. The molecule has 1 fully saturated rings. The molecule has 5 nitrogen and oxygen atoms in total. The van der Waals surface area contributed by atoms with Crippen LogP contribution in [0, 0.1) is 25.2 Å². The van der Waals surface area contributed by atoms with E-state index in [4.69, 9.17) is 0 Å². The molecule has 2 heterocycles. The summed E-state index contributed by atoms with van der Waals surface area (Å²) in [7, 11) is 0. The second-order valence-corrected chi connectivity index (χ2v) is 7.90. The standard InChI is InChI=1S/C25H26N4O/c1-19-8-9-23(20(2)16-19)29-11-10-22(17-26)24(29)25(30)28-14-12-27(13-15-28)18-21-6-4-3-5-7-21/h3-11,16H,12-15,18H2,1-2H3. The second kappa shape index (κ2) is 8.56. The molecule has 1 aliphatic rings. The van der Waals surface area contributed by atoms with Crippen LogP contribution < -0.4 is 0 Å². The molecule has 1 aliphatic heterocycles. The number of aryl methyl sites for hydroxylation is 2. The fourth-order valence-corrected chi connectivity index (χ4v) is 4.12. The van der Waals surface area contributed by atoms with Gasteiger partial charge in [-0.25, -0.2) is 0 Å². The normalized spacial score (nSPS) is 14.5. The summed E-state index contributed by atoms with van der Waals surface area (Å²) < 4.78 is 1.87. The molecule has 4 rings (SSSR count). The highest BCUT2D eigenvalue weighted by Gasteiger charge is 2.27. The molecule has 0 spiro atoms. The molecule has 1 saturated heterocycles. The maximum Gasteiger partial charge on any atom is 0.272 e. The number of aromatic nitrogens is 1. The van der Waals surface area contributed by atoms with Crippen molar-refractivity contribution in [2.75, 3.05) is 26.2 Å². The van der Waals surface area contributed by atoms with E-state index in [1.807, 2.05) is 47.7 Å². The fourth-order valence-electron chi connectivity index (χ4n) is 4.12. The van der Waals surface area contributed by atoms with E-state index in [2.05, 4.69) is 41.3 Å². The predicted molar refractivity (Wildman–Crippen MR) is 118 cm³/mol. The molecule has 1 amide bonds. The lowest BCUT2D eigenvalue weighted by Gasteiger charge is -2.35. The van der Waals surface area contributed by atoms with Crippen LogP contribution in [0.5, 0.6) is 0 Å². The van der Waals surface area contributed by atoms with Gasteiger partial charge in [-0.1, -0.05) is 48.0 Å². The van der Waals surface area contributed by atoms with E-state index in [9.17, 15) is 10.1 Å². The molecule has 1 aromatic heterocycles. The van der Waals surface area contributed by atoms with E-state index in [1.165, 1.54) is 11.1 Å². The largest absolute Gasteiger partial charge is 0.335 e. The highest BCUT2D eigenvalue weighted by molar-refractivity contribution is 5.96. The highest BCUT2D eigenvalue weighted by atomic mass is 16.2. The van der Waals surface area contributed by atoms with Crippen molar-refractivity contribution in [2.45, 2.75) is 20.4 Å². The van der Waals surface area contributed by atoms with Gasteiger partial charge in [0.05, 0.1) is 5.56 Å². The first-order chi connectivity index (χ1) is 14.6.